The lowest BCUT2D eigenvalue weighted by Crippen LogP contribution is -2.18. The minimum absolute atomic E-state index is 0.0705. The Labute approximate surface area is 119 Å². The molecule has 0 spiro atoms. The van der Waals surface area contributed by atoms with Gasteiger partial charge in [0.05, 0.1) is 18.2 Å². The number of aryl methyl sites for hydroxylation is 1. The van der Waals surface area contributed by atoms with Crippen molar-refractivity contribution in [2.75, 3.05) is 5.43 Å². The van der Waals surface area contributed by atoms with E-state index in [4.69, 9.17) is 5.84 Å². The van der Waals surface area contributed by atoms with Crippen LogP contribution in [0.4, 0.5) is 5.82 Å². The van der Waals surface area contributed by atoms with E-state index in [0.717, 1.165) is 24.4 Å². The molecule has 2 heterocycles. The number of imidazole rings is 1. The lowest BCUT2D eigenvalue weighted by molar-refractivity contribution is 0.567. The third kappa shape index (κ3) is 2.96. The minimum atomic E-state index is -0.0705. The number of nitrogen functional groups attached to an aromatic ring is 1. The standard InChI is InChI=1S/C14H22N6/c1-5-6-20-9-16-8-10(20)13-17-11(14(2,3)4)7-12(18-13)19-15/h7-9H,5-6,15H2,1-4H3,(H,17,18,19). The van der Waals surface area contributed by atoms with Crippen molar-refractivity contribution >= 4 is 5.82 Å². The van der Waals surface area contributed by atoms with Crippen LogP contribution in [0.5, 0.6) is 0 Å². The molecule has 2 rings (SSSR count). The van der Waals surface area contributed by atoms with Crippen LogP contribution in [-0.4, -0.2) is 19.5 Å². The Morgan fingerprint density at radius 2 is 2.05 bits per heavy atom. The highest BCUT2D eigenvalue weighted by Crippen LogP contribution is 2.25. The van der Waals surface area contributed by atoms with E-state index in [9.17, 15) is 0 Å². The van der Waals surface area contributed by atoms with Gasteiger partial charge in [-0.1, -0.05) is 27.7 Å². The fourth-order valence-corrected chi connectivity index (χ4v) is 1.95. The molecule has 0 aromatic carbocycles. The summed E-state index contributed by atoms with van der Waals surface area (Å²) in [6, 6.07) is 1.88. The highest BCUT2D eigenvalue weighted by Gasteiger charge is 2.19. The van der Waals surface area contributed by atoms with Gasteiger partial charge in [-0.3, -0.25) is 0 Å². The van der Waals surface area contributed by atoms with Gasteiger partial charge in [0, 0.05) is 18.0 Å². The molecule has 0 saturated heterocycles. The van der Waals surface area contributed by atoms with Crippen molar-refractivity contribution in [3.05, 3.63) is 24.3 Å². The van der Waals surface area contributed by atoms with Gasteiger partial charge in [-0.05, 0) is 6.42 Å². The number of rotatable bonds is 4. The van der Waals surface area contributed by atoms with Gasteiger partial charge in [0.25, 0.3) is 0 Å². The summed E-state index contributed by atoms with van der Waals surface area (Å²) >= 11 is 0. The van der Waals surface area contributed by atoms with E-state index in [1.54, 1.807) is 6.20 Å². The Bertz CT molecular complexity index is 582. The van der Waals surface area contributed by atoms with Crippen LogP contribution in [0.15, 0.2) is 18.6 Å². The van der Waals surface area contributed by atoms with E-state index in [-0.39, 0.29) is 5.41 Å². The molecule has 108 valence electrons. The van der Waals surface area contributed by atoms with E-state index in [2.05, 4.69) is 52.6 Å². The van der Waals surface area contributed by atoms with Crippen molar-refractivity contribution in [2.24, 2.45) is 5.84 Å². The Hall–Kier alpha value is -1.95. The predicted octanol–water partition coefficient (Wildman–Crippen LogP) is 2.33. The summed E-state index contributed by atoms with van der Waals surface area (Å²) in [5.41, 5.74) is 4.40. The Kier molecular flexibility index (Phi) is 4.04. The highest BCUT2D eigenvalue weighted by molar-refractivity contribution is 5.53. The van der Waals surface area contributed by atoms with Gasteiger partial charge in [-0.2, -0.15) is 0 Å². The maximum Gasteiger partial charge on any atom is 0.180 e. The first kappa shape index (κ1) is 14.5. The Morgan fingerprint density at radius 1 is 1.30 bits per heavy atom. The molecule has 6 nitrogen and oxygen atoms in total. The molecule has 0 unspecified atom stereocenters. The second kappa shape index (κ2) is 5.58. The summed E-state index contributed by atoms with van der Waals surface area (Å²) in [5, 5.41) is 0. The van der Waals surface area contributed by atoms with E-state index in [0.29, 0.717) is 11.6 Å². The summed E-state index contributed by atoms with van der Waals surface area (Å²) in [6.45, 7) is 9.36. The van der Waals surface area contributed by atoms with Crippen molar-refractivity contribution in [3.8, 4) is 11.5 Å². The Balaban J connectivity index is 2.53. The molecule has 0 saturated carbocycles. The zero-order valence-electron chi connectivity index (χ0n) is 12.5. The first-order valence-corrected chi connectivity index (χ1v) is 6.82. The fraction of sp³-hybridized carbons (Fsp3) is 0.500. The second-order valence-corrected chi connectivity index (χ2v) is 5.83. The first-order chi connectivity index (χ1) is 9.45. The van der Waals surface area contributed by atoms with Gasteiger partial charge in [0.1, 0.15) is 11.5 Å². The molecule has 0 radical (unpaired) electrons. The molecule has 0 amide bonds. The predicted molar refractivity (Wildman–Crippen MR) is 80.1 cm³/mol. The molecule has 0 fully saturated rings. The normalized spacial score (nSPS) is 11.7. The van der Waals surface area contributed by atoms with Crippen molar-refractivity contribution in [3.63, 3.8) is 0 Å². The number of nitrogens with one attached hydrogen (secondary N) is 1. The third-order valence-corrected chi connectivity index (χ3v) is 3.05. The van der Waals surface area contributed by atoms with Crippen LogP contribution in [0, 0.1) is 0 Å². The SMILES string of the molecule is CCCn1cncc1-c1nc(NN)cc(C(C)(C)C)n1. The topological polar surface area (TPSA) is 81.7 Å². The van der Waals surface area contributed by atoms with Crippen LogP contribution in [0.1, 0.15) is 39.8 Å². The number of hydrogen-bond acceptors (Lipinski definition) is 5. The van der Waals surface area contributed by atoms with Crippen molar-refractivity contribution in [1.29, 1.82) is 0 Å². The molecule has 0 bridgehead atoms. The van der Waals surface area contributed by atoms with Crippen molar-refractivity contribution in [1.82, 2.24) is 19.5 Å². The maximum absolute atomic E-state index is 5.52. The van der Waals surface area contributed by atoms with Crippen molar-refractivity contribution in [2.45, 2.75) is 46.1 Å². The van der Waals surface area contributed by atoms with Gasteiger partial charge in [-0.25, -0.2) is 20.8 Å². The summed E-state index contributed by atoms with van der Waals surface area (Å²) < 4.78 is 2.06. The molecule has 2 aromatic heterocycles. The summed E-state index contributed by atoms with van der Waals surface area (Å²) in [7, 11) is 0. The second-order valence-electron chi connectivity index (χ2n) is 5.83. The molecule has 3 N–H and O–H groups in total. The number of aromatic nitrogens is 4. The largest absolute Gasteiger partial charge is 0.328 e. The lowest BCUT2D eigenvalue weighted by Gasteiger charge is -2.19. The number of nitrogens with zero attached hydrogens (tertiary/aromatic N) is 4. The molecule has 6 heteroatoms. The lowest BCUT2D eigenvalue weighted by atomic mass is 9.92. The third-order valence-electron chi connectivity index (χ3n) is 3.05. The molecule has 0 atom stereocenters. The Morgan fingerprint density at radius 3 is 2.65 bits per heavy atom. The van der Waals surface area contributed by atoms with E-state index in [1.165, 1.54) is 0 Å². The minimum Gasteiger partial charge on any atom is -0.328 e. The molecule has 0 aliphatic carbocycles. The number of nitrogens with two attached hydrogens (primary N) is 1. The van der Waals surface area contributed by atoms with E-state index < -0.39 is 0 Å². The van der Waals surface area contributed by atoms with Gasteiger partial charge in [0.15, 0.2) is 5.82 Å². The summed E-state index contributed by atoms with van der Waals surface area (Å²) in [4.78, 5) is 13.3. The van der Waals surface area contributed by atoms with Gasteiger partial charge < -0.3 is 9.99 Å². The van der Waals surface area contributed by atoms with Crippen LogP contribution < -0.4 is 11.3 Å². The fourth-order valence-electron chi connectivity index (χ4n) is 1.95. The van der Waals surface area contributed by atoms with Gasteiger partial charge in [0.2, 0.25) is 0 Å². The highest BCUT2D eigenvalue weighted by atomic mass is 15.3. The smallest absolute Gasteiger partial charge is 0.180 e. The molecular formula is C14H22N6. The number of anilines is 1. The first-order valence-electron chi connectivity index (χ1n) is 6.82. The van der Waals surface area contributed by atoms with E-state index >= 15 is 0 Å². The van der Waals surface area contributed by atoms with Gasteiger partial charge >= 0.3 is 0 Å². The number of hydrogen-bond donors (Lipinski definition) is 2. The quantitative estimate of drug-likeness (QED) is 0.660. The molecule has 0 aliphatic heterocycles. The number of hydrazine groups is 1. The molecular weight excluding hydrogens is 252 g/mol. The van der Waals surface area contributed by atoms with Gasteiger partial charge in [-0.15, -0.1) is 0 Å². The molecule has 0 aliphatic rings. The van der Waals surface area contributed by atoms with Crippen LogP contribution in [-0.2, 0) is 12.0 Å². The van der Waals surface area contributed by atoms with Crippen molar-refractivity contribution < 1.29 is 0 Å². The average Bonchev–Trinajstić information content (AvgIpc) is 2.86. The summed E-state index contributed by atoms with van der Waals surface area (Å²) in [5.74, 6) is 6.78. The maximum atomic E-state index is 5.52. The zero-order chi connectivity index (χ0) is 14.8. The molecule has 20 heavy (non-hydrogen) atoms. The molecule has 2 aromatic rings. The van der Waals surface area contributed by atoms with Crippen LogP contribution >= 0.6 is 0 Å². The van der Waals surface area contributed by atoms with E-state index in [1.807, 2.05) is 12.4 Å². The van der Waals surface area contributed by atoms with Crippen LogP contribution in [0.2, 0.25) is 0 Å². The summed E-state index contributed by atoms with van der Waals surface area (Å²) in [6.07, 6.45) is 4.63. The van der Waals surface area contributed by atoms with Crippen LogP contribution in [0.3, 0.4) is 0 Å². The van der Waals surface area contributed by atoms with Crippen LogP contribution in [0.25, 0.3) is 11.5 Å². The average molecular weight is 274 g/mol. The zero-order valence-corrected chi connectivity index (χ0v) is 12.5. The monoisotopic (exact) mass is 274 g/mol.